The molecule has 0 aliphatic rings. The quantitative estimate of drug-likeness (QED) is 0.452. The van der Waals surface area contributed by atoms with Gasteiger partial charge in [-0.2, -0.15) is 0 Å². The first-order valence-corrected chi connectivity index (χ1v) is 10.5. The van der Waals surface area contributed by atoms with E-state index in [4.69, 9.17) is 9.47 Å². The topological polar surface area (TPSA) is 84.9 Å². The number of amides is 1. The monoisotopic (exact) mass is 433 g/mol. The second-order valence-corrected chi connectivity index (χ2v) is 7.46. The lowest BCUT2D eigenvalue weighted by molar-refractivity contribution is -0.141. The molecule has 6 heteroatoms. The minimum Gasteiger partial charge on any atom is -0.496 e. The van der Waals surface area contributed by atoms with Crippen molar-refractivity contribution in [2.75, 3.05) is 12.4 Å². The maximum absolute atomic E-state index is 12.6. The molecule has 3 aromatic carbocycles. The number of carboxylic acid groups (broad SMARTS) is 1. The maximum atomic E-state index is 12.6. The van der Waals surface area contributed by atoms with Crippen LogP contribution in [0.15, 0.2) is 72.8 Å². The summed E-state index contributed by atoms with van der Waals surface area (Å²) in [5.41, 5.74) is 2.24. The van der Waals surface area contributed by atoms with Crippen molar-refractivity contribution in [2.45, 2.75) is 26.2 Å². The first-order valence-electron chi connectivity index (χ1n) is 10.5. The Morgan fingerprint density at radius 2 is 1.66 bits per heavy atom. The number of carboxylic acids is 1. The van der Waals surface area contributed by atoms with E-state index in [1.54, 1.807) is 37.4 Å². The number of benzene rings is 3. The molecule has 0 aromatic heterocycles. The molecule has 32 heavy (non-hydrogen) atoms. The van der Waals surface area contributed by atoms with Gasteiger partial charge < -0.3 is 19.9 Å². The largest absolute Gasteiger partial charge is 0.496 e. The van der Waals surface area contributed by atoms with Gasteiger partial charge in [-0.05, 0) is 60.9 Å². The minimum atomic E-state index is -0.817. The molecule has 166 valence electrons. The molecule has 0 saturated carbocycles. The van der Waals surface area contributed by atoms with Crippen LogP contribution in [0, 0.1) is 5.92 Å². The fourth-order valence-electron chi connectivity index (χ4n) is 3.40. The number of carbonyl (C=O) groups is 2. The van der Waals surface area contributed by atoms with Crippen LogP contribution >= 0.6 is 0 Å². The summed E-state index contributed by atoms with van der Waals surface area (Å²) in [5, 5.41) is 12.2. The molecule has 0 bridgehead atoms. The molecule has 0 aliphatic carbocycles. The van der Waals surface area contributed by atoms with E-state index < -0.39 is 11.9 Å². The van der Waals surface area contributed by atoms with E-state index in [1.165, 1.54) is 0 Å². The van der Waals surface area contributed by atoms with Gasteiger partial charge in [0.15, 0.2) is 0 Å². The molecule has 0 heterocycles. The highest BCUT2D eigenvalue weighted by atomic mass is 16.5. The van der Waals surface area contributed by atoms with Crippen LogP contribution in [0.3, 0.4) is 0 Å². The smallest absolute Gasteiger partial charge is 0.306 e. The fraction of sp³-hybridized carbons (Fsp3) is 0.231. The third kappa shape index (κ3) is 6.35. The van der Waals surface area contributed by atoms with Crippen molar-refractivity contribution in [3.05, 3.63) is 83.9 Å². The van der Waals surface area contributed by atoms with Gasteiger partial charge in [-0.25, -0.2) is 0 Å². The highest BCUT2D eigenvalue weighted by Crippen LogP contribution is 2.25. The lowest BCUT2D eigenvalue weighted by atomic mass is 9.95. The fourth-order valence-corrected chi connectivity index (χ4v) is 3.40. The van der Waals surface area contributed by atoms with Crippen molar-refractivity contribution in [1.29, 1.82) is 0 Å². The number of hydrogen-bond acceptors (Lipinski definition) is 4. The lowest BCUT2D eigenvalue weighted by Crippen LogP contribution is -2.17. The van der Waals surface area contributed by atoms with Crippen LogP contribution in [0.4, 0.5) is 5.69 Å². The van der Waals surface area contributed by atoms with Gasteiger partial charge in [0, 0.05) is 11.3 Å². The SMILES string of the molecule is CCC(Cc1ccc(OC)c(CC(=O)Nc2ccc(Oc3ccccc3)cc2)c1)C(=O)O. The van der Waals surface area contributed by atoms with Crippen molar-refractivity contribution in [3.8, 4) is 17.2 Å². The van der Waals surface area contributed by atoms with Gasteiger partial charge in [-0.15, -0.1) is 0 Å². The number of methoxy groups -OCH3 is 1. The molecule has 1 amide bonds. The maximum Gasteiger partial charge on any atom is 0.306 e. The molecule has 1 unspecified atom stereocenters. The Morgan fingerprint density at radius 3 is 2.28 bits per heavy atom. The van der Waals surface area contributed by atoms with Crippen LogP contribution in [-0.2, 0) is 22.4 Å². The van der Waals surface area contributed by atoms with Crippen LogP contribution in [0.5, 0.6) is 17.2 Å². The highest BCUT2D eigenvalue weighted by Gasteiger charge is 2.17. The Hall–Kier alpha value is -3.80. The molecular formula is C26H27NO5. The van der Waals surface area contributed by atoms with Crippen molar-refractivity contribution >= 4 is 17.6 Å². The van der Waals surface area contributed by atoms with Gasteiger partial charge in [0.1, 0.15) is 17.2 Å². The van der Waals surface area contributed by atoms with Gasteiger partial charge in [0.05, 0.1) is 19.4 Å². The molecule has 6 nitrogen and oxygen atoms in total. The zero-order valence-electron chi connectivity index (χ0n) is 18.2. The Morgan fingerprint density at radius 1 is 0.969 bits per heavy atom. The Labute approximate surface area is 187 Å². The zero-order valence-corrected chi connectivity index (χ0v) is 18.2. The average molecular weight is 434 g/mol. The van der Waals surface area contributed by atoms with Gasteiger partial charge in [0.2, 0.25) is 5.91 Å². The molecular weight excluding hydrogens is 406 g/mol. The lowest BCUT2D eigenvalue weighted by Gasteiger charge is -2.14. The molecule has 0 radical (unpaired) electrons. The molecule has 0 aliphatic heterocycles. The standard InChI is InChI=1S/C26H27NO5/c1-3-19(26(29)30)15-18-9-14-24(31-2)20(16-18)17-25(28)27-21-10-12-23(13-11-21)32-22-7-5-4-6-8-22/h4-14,16,19H,3,15,17H2,1-2H3,(H,27,28)(H,29,30). The van der Waals surface area contributed by atoms with E-state index in [-0.39, 0.29) is 12.3 Å². The number of ether oxygens (including phenoxy) is 2. The van der Waals surface area contributed by atoms with Crippen LogP contribution in [-0.4, -0.2) is 24.1 Å². The first-order chi connectivity index (χ1) is 15.5. The van der Waals surface area contributed by atoms with Gasteiger partial charge in [-0.3, -0.25) is 9.59 Å². The highest BCUT2D eigenvalue weighted by molar-refractivity contribution is 5.92. The van der Waals surface area contributed by atoms with E-state index >= 15 is 0 Å². The van der Waals surface area contributed by atoms with Gasteiger partial charge in [0.25, 0.3) is 0 Å². The van der Waals surface area contributed by atoms with Crippen molar-refractivity contribution in [1.82, 2.24) is 0 Å². The summed E-state index contributed by atoms with van der Waals surface area (Å²) in [5.74, 6) is 0.544. The summed E-state index contributed by atoms with van der Waals surface area (Å²) in [4.78, 5) is 24.0. The molecule has 0 spiro atoms. The number of anilines is 1. The van der Waals surface area contributed by atoms with Crippen LogP contribution in [0.2, 0.25) is 0 Å². The third-order valence-corrected chi connectivity index (χ3v) is 5.14. The Balaban J connectivity index is 1.64. The van der Waals surface area contributed by atoms with E-state index in [2.05, 4.69) is 5.32 Å². The van der Waals surface area contributed by atoms with Gasteiger partial charge in [-0.1, -0.05) is 37.3 Å². The van der Waals surface area contributed by atoms with Crippen molar-refractivity contribution in [2.24, 2.45) is 5.92 Å². The molecule has 3 rings (SSSR count). The van der Waals surface area contributed by atoms with E-state index in [0.717, 1.165) is 11.3 Å². The molecule has 2 N–H and O–H groups in total. The average Bonchev–Trinajstić information content (AvgIpc) is 2.79. The Bertz CT molecular complexity index is 1050. The summed E-state index contributed by atoms with van der Waals surface area (Å²) >= 11 is 0. The molecule has 1 atom stereocenters. The summed E-state index contributed by atoms with van der Waals surface area (Å²) in [7, 11) is 1.55. The zero-order chi connectivity index (χ0) is 22.9. The number of rotatable bonds is 10. The summed E-state index contributed by atoms with van der Waals surface area (Å²) in [6.07, 6.45) is 1.07. The summed E-state index contributed by atoms with van der Waals surface area (Å²) in [6.45, 7) is 1.85. The molecule has 3 aromatic rings. The predicted octanol–water partition coefficient (Wildman–Crippen LogP) is 5.32. The minimum absolute atomic E-state index is 0.114. The summed E-state index contributed by atoms with van der Waals surface area (Å²) < 4.78 is 11.2. The predicted molar refractivity (Wildman–Crippen MR) is 123 cm³/mol. The van der Waals surface area contributed by atoms with E-state index in [1.807, 2.05) is 49.4 Å². The van der Waals surface area contributed by atoms with Crippen LogP contribution < -0.4 is 14.8 Å². The van der Waals surface area contributed by atoms with Crippen LogP contribution in [0.1, 0.15) is 24.5 Å². The Kier molecular flexibility index (Phi) is 7.86. The molecule has 0 fully saturated rings. The number of nitrogens with one attached hydrogen (secondary N) is 1. The van der Waals surface area contributed by atoms with Crippen molar-refractivity contribution < 1.29 is 24.2 Å². The van der Waals surface area contributed by atoms with E-state index in [0.29, 0.717) is 35.6 Å². The number of para-hydroxylation sites is 1. The van der Waals surface area contributed by atoms with Crippen LogP contribution in [0.25, 0.3) is 0 Å². The third-order valence-electron chi connectivity index (χ3n) is 5.14. The molecule has 0 saturated heterocycles. The number of hydrogen-bond donors (Lipinski definition) is 2. The number of carbonyl (C=O) groups excluding carboxylic acids is 1. The normalized spacial score (nSPS) is 11.4. The second kappa shape index (κ2) is 11.0. The van der Waals surface area contributed by atoms with Gasteiger partial charge >= 0.3 is 5.97 Å². The first kappa shape index (κ1) is 22.9. The van der Waals surface area contributed by atoms with Crippen molar-refractivity contribution in [3.63, 3.8) is 0 Å². The number of aliphatic carboxylic acids is 1. The summed E-state index contributed by atoms with van der Waals surface area (Å²) in [6, 6.07) is 22.1. The van der Waals surface area contributed by atoms with E-state index in [9.17, 15) is 14.7 Å². The second-order valence-electron chi connectivity index (χ2n) is 7.46.